The van der Waals surface area contributed by atoms with Crippen LogP contribution < -0.4 is 4.48 Å². The Bertz CT molecular complexity index is 1070. The van der Waals surface area contributed by atoms with Crippen LogP contribution in [-0.4, -0.2) is 7.05 Å². The number of benzene rings is 3. The molecule has 5 rings (SSSR count). The first kappa shape index (κ1) is 17.4. The Kier molecular flexibility index (Phi) is 4.15. The van der Waals surface area contributed by atoms with E-state index in [0.29, 0.717) is 6.04 Å². The molecule has 0 radical (unpaired) electrons. The Morgan fingerprint density at radius 2 is 1.63 bits per heavy atom. The van der Waals surface area contributed by atoms with Crippen LogP contribution >= 0.6 is 31.9 Å². The molecule has 2 heterocycles. The Balaban J connectivity index is 1.79. The van der Waals surface area contributed by atoms with Crippen molar-refractivity contribution in [3.8, 4) is 0 Å². The molecule has 3 aromatic carbocycles. The Morgan fingerprint density at radius 1 is 0.889 bits per heavy atom. The third kappa shape index (κ3) is 2.67. The minimum atomic E-state index is 0.394. The second-order valence-electron chi connectivity index (χ2n) is 7.57. The van der Waals surface area contributed by atoms with Crippen molar-refractivity contribution in [2.75, 3.05) is 7.05 Å². The fourth-order valence-corrected chi connectivity index (χ4v) is 5.64. The van der Waals surface area contributed by atoms with Crippen molar-refractivity contribution in [1.29, 1.82) is 0 Å². The lowest BCUT2D eigenvalue weighted by molar-refractivity contribution is 0.342. The Labute approximate surface area is 177 Å². The summed E-state index contributed by atoms with van der Waals surface area (Å²) in [7, 11) is 2.39. The van der Waals surface area contributed by atoms with E-state index in [2.05, 4.69) is 112 Å². The number of hydrogen-bond acceptors (Lipinski definition) is 0. The highest BCUT2D eigenvalue weighted by Crippen LogP contribution is 2.53. The molecular weight excluding hydrogens is 462 g/mol. The molecule has 1 nitrogen and oxygen atoms in total. The average Bonchev–Trinajstić information content (AvgIpc) is 2.89. The standard InChI is InChI=1S/C24H20Br2N/c1-27-22(16-5-3-2-4-6-16)11-7-17-13-19(25)8-10-21(17)24(27)15-18-14-20(26)9-12-23(18)27/h2-6,8-10,12-15,22H,7,11H2,1H3/q+1. The van der Waals surface area contributed by atoms with E-state index >= 15 is 0 Å². The third-order valence-corrected chi connectivity index (χ3v) is 7.11. The molecule has 0 saturated carbocycles. The predicted molar refractivity (Wildman–Crippen MR) is 121 cm³/mol. The summed E-state index contributed by atoms with van der Waals surface area (Å²) < 4.78 is 3.13. The average molecular weight is 482 g/mol. The fraction of sp³-hybridized carbons (Fsp3) is 0.167. The molecule has 0 bridgehead atoms. The number of quaternary nitrogens is 1. The SMILES string of the molecule is C[N+]12C(=Cc3cc(Br)ccc31)c1ccc(Br)cc1CCC2c1ccccc1. The second kappa shape index (κ2) is 6.44. The van der Waals surface area contributed by atoms with Gasteiger partial charge in [-0.1, -0.05) is 62.2 Å². The van der Waals surface area contributed by atoms with Gasteiger partial charge in [-0.3, -0.25) is 4.48 Å². The van der Waals surface area contributed by atoms with Crippen LogP contribution in [-0.2, 0) is 6.42 Å². The maximum Gasteiger partial charge on any atom is 0.146 e. The largest absolute Gasteiger partial charge is 0.254 e. The summed E-state index contributed by atoms with van der Waals surface area (Å²) in [6, 6.07) is 24.9. The van der Waals surface area contributed by atoms with Crippen molar-refractivity contribution in [2.45, 2.75) is 18.9 Å². The zero-order valence-electron chi connectivity index (χ0n) is 15.1. The van der Waals surface area contributed by atoms with Gasteiger partial charge in [0.25, 0.3) is 0 Å². The van der Waals surface area contributed by atoms with Crippen LogP contribution in [0.3, 0.4) is 0 Å². The molecule has 134 valence electrons. The highest BCUT2D eigenvalue weighted by molar-refractivity contribution is 9.10. The van der Waals surface area contributed by atoms with Crippen LogP contribution in [0.4, 0.5) is 5.69 Å². The van der Waals surface area contributed by atoms with Gasteiger partial charge in [-0.2, -0.15) is 0 Å². The van der Waals surface area contributed by atoms with E-state index in [4.69, 9.17) is 0 Å². The van der Waals surface area contributed by atoms with Crippen molar-refractivity contribution < 1.29 is 0 Å². The van der Waals surface area contributed by atoms with Gasteiger partial charge in [0.1, 0.15) is 17.4 Å². The molecule has 0 aromatic heterocycles. The van der Waals surface area contributed by atoms with Crippen LogP contribution in [0.15, 0.2) is 75.7 Å². The quantitative estimate of drug-likeness (QED) is 0.319. The Hall–Kier alpha value is -1.68. The van der Waals surface area contributed by atoms with Crippen molar-refractivity contribution in [3.63, 3.8) is 0 Å². The summed E-state index contributed by atoms with van der Waals surface area (Å²) in [6.07, 6.45) is 4.61. The van der Waals surface area contributed by atoms with Gasteiger partial charge >= 0.3 is 0 Å². The molecule has 3 heteroatoms. The van der Waals surface area contributed by atoms with E-state index in [0.717, 1.165) is 26.3 Å². The lowest BCUT2D eigenvalue weighted by Gasteiger charge is -2.39. The molecule has 0 spiro atoms. The molecule has 2 atom stereocenters. The Morgan fingerprint density at radius 3 is 2.44 bits per heavy atom. The van der Waals surface area contributed by atoms with Crippen molar-refractivity contribution in [2.24, 2.45) is 0 Å². The monoisotopic (exact) mass is 480 g/mol. The highest BCUT2D eigenvalue weighted by Gasteiger charge is 2.47. The van der Waals surface area contributed by atoms with Gasteiger partial charge in [-0.15, -0.1) is 0 Å². The summed E-state index contributed by atoms with van der Waals surface area (Å²) in [4.78, 5) is 0. The molecule has 2 aliphatic heterocycles. The van der Waals surface area contributed by atoms with Crippen LogP contribution in [0.2, 0.25) is 0 Å². The van der Waals surface area contributed by atoms with Crippen LogP contribution in [0.5, 0.6) is 0 Å². The number of nitrogens with zero attached hydrogens (tertiary/aromatic N) is 1. The third-order valence-electron chi connectivity index (χ3n) is 6.12. The molecule has 0 saturated heterocycles. The highest BCUT2D eigenvalue weighted by atomic mass is 79.9. The maximum absolute atomic E-state index is 3.67. The number of fused-ring (bicyclic) bond motifs is 5. The van der Waals surface area contributed by atoms with Gasteiger partial charge in [0.2, 0.25) is 0 Å². The molecular formula is C24H20Br2N+. The van der Waals surface area contributed by atoms with E-state index in [1.54, 1.807) is 0 Å². The van der Waals surface area contributed by atoms with Crippen LogP contribution in [0, 0.1) is 0 Å². The number of hydrogen-bond donors (Lipinski definition) is 0. The van der Waals surface area contributed by atoms with Crippen molar-refractivity contribution >= 4 is 49.3 Å². The lowest BCUT2D eigenvalue weighted by Crippen LogP contribution is -2.44. The number of halogens is 2. The van der Waals surface area contributed by atoms with E-state index in [1.807, 2.05) is 0 Å². The molecule has 27 heavy (non-hydrogen) atoms. The minimum absolute atomic E-state index is 0.394. The molecule has 2 unspecified atom stereocenters. The van der Waals surface area contributed by atoms with Gasteiger partial charge in [-0.25, -0.2) is 0 Å². The zero-order valence-corrected chi connectivity index (χ0v) is 18.3. The van der Waals surface area contributed by atoms with Crippen molar-refractivity contribution in [3.05, 3.63) is 97.9 Å². The van der Waals surface area contributed by atoms with Gasteiger partial charge in [-0.05, 0) is 42.3 Å². The molecule has 0 amide bonds. The first-order valence-electron chi connectivity index (χ1n) is 9.30. The zero-order chi connectivity index (χ0) is 18.6. The molecule has 3 aromatic rings. The topological polar surface area (TPSA) is 0 Å². The summed E-state index contributed by atoms with van der Waals surface area (Å²) >= 11 is 7.33. The first-order valence-corrected chi connectivity index (χ1v) is 10.9. The molecule has 0 N–H and O–H groups in total. The predicted octanol–water partition coefficient (Wildman–Crippen LogP) is 7.35. The van der Waals surface area contributed by atoms with E-state index in [-0.39, 0.29) is 0 Å². The van der Waals surface area contributed by atoms with Crippen LogP contribution in [0.1, 0.15) is 34.7 Å². The van der Waals surface area contributed by atoms with Gasteiger partial charge in [0.15, 0.2) is 0 Å². The van der Waals surface area contributed by atoms with Crippen molar-refractivity contribution in [1.82, 2.24) is 4.48 Å². The summed E-state index contributed by atoms with van der Waals surface area (Å²) in [5, 5.41) is 0. The van der Waals surface area contributed by atoms with E-state index in [9.17, 15) is 0 Å². The lowest BCUT2D eigenvalue weighted by atomic mass is 9.97. The smallest absolute Gasteiger partial charge is 0.146 e. The van der Waals surface area contributed by atoms with Gasteiger partial charge in [0, 0.05) is 44.2 Å². The molecule has 0 fully saturated rings. The van der Waals surface area contributed by atoms with E-state index < -0.39 is 0 Å². The number of rotatable bonds is 1. The molecule has 2 aliphatic rings. The summed E-state index contributed by atoms with van der Waals surface area (Å²) in [6.45, 7) is 0. The normalized spacial score (nSPS) is 23.1. The number of aryl methyl sites for hydroxylation is 1. The molecule has 0 aliphatic carbocycles. The first-order chi connectivity index (χ1) is 13.1. The second-order valence-corrected chi connectivity index (χ2v) is 9.41. The minimum Gasteiger partial charge on any atom is -0.254 e. The maximum atomic E-state index is 3.67. The van der Waals surface area contributed by atoms with Gasteiger partial charge < -0.3 is 0 Å². The summed E-state index contributed by atoms with van der Waals surface area (Å²) in [5.41, 5.74) is 8.33. The van der Waals surface area contributed by atoms with Gasteiger partial charge in [0.05, 0.1) is 7.05 Å². The van der Waals surface area contributed by atoms with Crippen LogP contribution in [0.25, 0.3) is 11.8 Å². The van der Waals surface area contributed by atoms with E-state index in [1.165, 1.54) is 33.6 Å². The summed E-state index contributed by atoms with van der Waals surface area (Å²) in [5.74, 6) is 0. The fourth-order valence-electron chi connectivity index (χ4n) is 4.85.